The highest BCUT2D eigenvalue weighted by molar-refractivity contribution is 7.92. The zero-order valence-corrected chi connectivity index (χ0v) is 18.6. The number of anilines is 2. The van der Waals surface area contributed by atoms with Crippen molar-refractivity contribution < 1.29 is 17.9 Å². The van der Waals surface area contributed by atoms with Gasteiger partial charge in [0.1, 0.15) is 5.75 Å². The summed E-state index contributed by atoms with van der Waals surface area (Å²) >= 11 is 0. The van der Waals surface area contributed by atoms with Crippen LogP contribution >= 0.6 is 0 Å². The molecule has 7 nitrogen and oxygen atoms in total. The van der Waals surface area contributed by atoms with Crippen LogP contribution in [-0.2, 0) is 10.0 Å². The van der Waals surface area contributed by atoms with Crippen LogP contribution in [0.5, 0.6) is 5.75 Å². The van der Waals surface area contributed by atoms with Gasteiger partial charge in [0.25, 0.3) is 5.91 Å². The fourth-order valence-electron chi connectivity index (χ4n) is 3.61. The molecule has 0 saturated carbocycles. The van der Waals surface area contributed by atoms with Gasteiger partial charge in [-0.2, -0.15) is 0 Å². The lowest BCUT2D eigenvalue weighted by Gasteiger charge is -2.36. The molecule has 0 spiro atoms. The smallest absolute Gasteiger partial charge is 0.253 e. The first kappa shape index (κ1) is 22.0. The summed E-state index contributed by atoms with van der Waals surface area (Å²) in [6.07, 6.45) is 0. The van der Waals surface area contributed by atoms with Crippen LogP contribution in [0.4, 0.5) is 11.4 Å². The second kappa shape index (κ2) is 9.38. The predicted molar refractivity (Wildman–Crippen MR) is 120 cm³/mol. The number of sulfonamides is 1. The molecule has 30 heavy (non-hydrogen) atoms. The van der Waals surface area contributed by atoms with E-state index in [4.69, 9.17) is 4.74 Å². The number of carbonyl (C=O) groups is 1. The summed E-state index contributed by atoms with van der Waals surface area (Å²) in [7, 11) is -1.68. The normalized spacial score (nSPS) is 14.5. The molecule has 0 aliphatic carbocycles. The number of benzene rings is 2. The molecule has 0 atom stereocenters. The van der Waals surface area contributed by atoms with Gasteiger partial charge in [0.15, 0.2) is 0 Å². The van der Waals surface area contributed by atoms with Crippen molar-refractivity contribution >= 4 is 27.3 Å². The van der Waals surface area contributed by atoms with Gasteiger partial charge in [-0.1, -0.05) is 0 Å². The van der Waals surface area contributed by atoms with Crippen LogP contribution < -0.4 is 13.9 Å². The molecule has 0 bridgehead atoms. The molecule has 1 aliphatic heterocycles. The summed E-state index contributed by atoms with van der Waals surface area (Å²) in [6.45, 7) is 6.58. The molecule has 1 aliphatic rings. The number of rotatable bonds is 7. The minimum Gasteiger partial charge on any atom is -0.497 e. The van der Waals surface area contributed by atoms with E-state index < -0.39 is 10.0 Å². The van der Waals surface area contributed by atoms with Crippen LogP contribution in [0.3, 0.4) is 0 Å². The van der Waals surface area contributed by atoms with E-state index in [-0.39, 0.29) is 11.7 Å². The Balaban J connectivity index is 1.63. The first-order chi connectivity index (χ1) is 14.4. The first-order valence-electron chi connectivity index (χ1n) is 10.2. The van der Waals surface area contributed by atoms with E-state index in [0.29, 0.717) is 30.9 Å². The van der Waals surface area contributed by atoms with Gasteiger partial charge in [0, 0.05) is 44.0 Å². The fraction of sp³-hybridized carbons (Fsp3) is 0.409. The number of hydrogen-bond donors (Lipinski definition) is 0. The molecule has 2 aromatic rings. The minimum absolute atomic E-state index is 0.0303. The number of amides is 1. The van der Waals surface area contributed by atoms with Crippen LogP contribution in [0.15, 0.2) is 48.5 Å². The Morgan fingerprint density at radius 2 is 1.57 bits per heavy atom. The van der Waals surface area contributed by atoms with Crippen molar-refractivity contribution in [2.24, 2.45) is 0 Å². The lowest BCUT2D eigenvalue weighted by atomic mass is 10.1. The van der Waals surface area contributed by atoms with Crippen molar-refractivity contribution in [2.45, 2.75) is 13.8 Å². The number of ether oxygens (including phenoxy) is 1. The Labute approximate surface area is 178 Å². The average Bonchev–Trinajstić information content (AvgIpc) is 2.79. The summed E-state index contributed by atoms with van der Waals surface area (Å²) in [5.41, 5.74) is 2.27. The van der Waals surface area contributed by atoms with Crippen LogP contribution in [0.25, 0.3) is 0 Å². The van der Waals surface area contributed by atoms with Crippen LogP contribution in [0, 0.1) is 0 Å². The van der Waals surface area contributed by atoms with Gasteiger partial charge in [-0.05, 0) is 62.4 Å². The van der Waals surface area contributed by atoms with Gasteiger partial charge in [-0.15, -0.1) is 0 Å². The quantitative estimate of drug-likeness (QED) is 0.674. The van der Waals surface area contributed by atoms with Gasteiger partial charge >= 0.3 is 0 Å². The van der Waals surface area contributed by atoms with Crippen molar-refractivity contribution in [1.29, 1.82) is 0 Å². The Bertz CT molecular complexity index is 951. The highest BCUT2D eigenvalue weighted by Gasteiger charge is 2.23. The topological polar surface area (TPSA) is 70.2 Å². The third-order valence-electron chi connectivity index (χ3n) is 5.39. The van der Waals surface area contributed by atoms with E-state index >= 15 is 0 Å². The highest BCUT2D eigenvalue weighted by Crippen LogP contribution is 2.22. The zero-order valence-electron chi connectivity index (χ0n) is 17.7. The summed E-state index contributed by atoms with van der Waals surface area (Å²) in [6, 6.07) is 14.8. The van der Waals surface area contributed by atoms with E-state index in [1.807, 2.05) is 29.2 Å². The van der Waals surface area contributed by atoms with Gasteiger partial charge in [-0.3, -0.25) is 9.10 Å². The number of carbonyl (C=O) groups excluding carboxylic acids is 1. The van der Waals surface area contributed by atoms with Crippen LogP contribution in [-0.4, -0.2) is 64.8 Å². The summed E-state index contributed by atoms with van der Waals surface area (Å²) < 4.78 is 31.0. The van der Waals surface area contributed by atoms with Crippen molar-refractivity contribution in [1.82, 2.24) is 4.90 Å². The van der Waals surface area contributed by atoms with Gasteiger partial charge in [0.05, 0.1) is 18.6 Å². The summed E-state index contributed by atoms with van der Waals surface area (Å²) in [5, 5.41) is 0. The monoisotopic (exact) mass is 431 g/mol. The average molecular weight is 432 g/mol. The van der Waals surface area contributed by atoms with Crippen molar-refractivity contribution in [3.63, 3.8) is 0 Å². The molecule has 1 fully saturated rings. The Morgan fingerprint density at radius 3 is 2.07 bits per heavy atom. The van der Waals surface area contributed by atoms with E-state index in [1.165, 1.54) is 4.31 Å². The molecule has 1 amide bonds. The van der Waals surface area contributed by atoms with Gasteiger partial charge < -0.3 is 14.5 Å². The second-order valence-corrected chi connectivity index (χ2v) is 9.27. The van der Waals surface area contributed by atoms with Crippen molar-refractivity contribution in [3.05, 3.63) is 54.1 Å². The lowest BCUT2D eigenvalue weighted by Crippen LogP contribution is -2.48. The molecule has 2 aromatic carbocycles. The highest BCUT2D eigenvalue weighted by atomic mass is 32.2. The summed E-state index contributed by atoms with van der Waals surface area (Å²) in [5.74, 6) is 0.835. The molecule has 1 heterocycles. The minimum atomic E-state index is -3.33. The standard InChI is InChI=1S/C22H29N3O4S/c1-4-25(30(27,28)5-2)20-8-6-18(7-9-20)22(26)24-16-14-23(15-17-24)19-10-12-21(29-3)13-11-19/h6-13H,4-5,14-17H2,1-3H3. The molecular formula is C22H29N3O4S. The van der Waals surface area contributed by atoms with E-state index in [9.17, 15) is 13.2 Å². The molecule has 0 aromatic heterocycles. The number of hydrogen-bond acceptors (Lipinski definition) is 5. The van der Waals surface area contributed by atoms with Crippen LogP contribution in [0.1, 0.15) is 24.2 Å². The van der Waals surface area contributed by atoms with Crippen LogP contribution in [0.2, 0.25) is 0 Å². The lowest BCUT2D eigenvalue weighted by molar-refractivity contribution is 0.0747. The maximum Gasteiger partial charge on any atom is 0.253 e. The molecule has 3 rings (SSSR count). The third-order valence-corrected chi connectivity index (χ3v) is 7.26. The van der Waals surface area contributed by atoms with Crippen molar-refractivity contribution in [2.75, 3.05) is 54.8 Å². The SMILES string of the molecule is CCN(c1ccc(C(=O)N2CCN(c3ccc(OC)cc3)CC2)cc1)S(=O)(=O)CC. The van der Waals surface area contributed by atoms with Gasteiger partial charge in [-0.25, -0.2) is 8.42 Å². The second-order valence-electron chi connectivity index (χ2n) is 7.09. The maximum absolute atomic E-state index is 12.9. The molecule has 0 unspecified atom stereocenters. The van der Waals surface area contributed by atoms with E-state index in [2.05, 4.69) is 4.90 Å². The zero-order chi connectivity index (χ0) is 21.7. The largest absolute Gasteiger partial charge is 0.497 e. The molecule has 162 valence electrons. The number of nitrogens with zero attached hydrogens (tertiary/aromatic N) is 3. The van der Waals surface area contributed by atoms with Gasteiger partial charge in [0.2, 0.25) is 10.0 Å². The Kier molecular flexibility index (Phi) is 6.87. The maximum atomic E-state index is 12.9. The third kappa shape index (κ3) is 4.70. The van der Waals surface area contributed by atoms with E-state index in [0.717, 1.165) is 24.5 Å². The molecular weight excluding hydrogens is 402 g/mol. The first-order valence-corrected chi connectivity index (χ1v) is 11.8. The Morgan fingerprint density at radius 1 is 0.967 bits per heavy atom. The predicted octanol–water partition coefficient (Wildman–Crippen LogP) is 2.83. The molecule has 1 saturated heterocycles. The Hall–Kier alpha value is -2.74. The number of methoxy groups -OCH3 is 1. The molecule has 0 N–H and O–H groups in total. The summed E-state index contributed by atoms with van der Waals surface area (Å²) in [4.78, 5) is 17.0. The molecule has 8 heteroatoms. The van der Waals surface area contributed by atoms with Crippen molar-refractivity contribution in [3.8, 4) is 5.75 Å². The molecule has 0 radical (unpaired) electrons. The van der Waals surface area contributed by atoms with E-state index in [1.54, 1.807) is 45.2 Å². The number of piperazine rings is 1. The fourth-order valence-corrected chi connectivity index (χ4v) is 4.76.